The van der Waals surface area contributed by atoms with Gasteiger partial charge in [0.05, 0.1) is 52.2 Å². The maximum Gasteiger partial charge on any atom is 0.340 e. The van der Waals surface area contributed by atoms with Crippen molar-refractivity contribution in [2.75, 3.05) is 52.2 Å². The van der Waals surface area contributed by atoms with Crippen molar-refractivity contribution < 1.29 is 32.1 Å². The Morgan fingerprint density at radius 3 is 1.50 bits per heavy atom. The van der Waals surface area contributed by atoms with Crippen LogP contribution in [0, 0.1) is 0 Å². The molecule has 1 N–H and O–H groups in total. The quantitative estimate of drug-likeness (QED) is 0.435. The molecule has 0 aromatic heterocycles. The average molecular weight is 388 g/mol. The SMILES string of the molecule is CCOP(=O)(C[C@@H](C[NH+](CC)CC)P(=O)(OCC)OCC)OCC. The second-order valence-corrected chi connectivity index (χ2v) is 9.75. The lowest BCUT2D eigenvalue weighted by molar-refractivity contribution is -0.895. The number of hydrogen-bond donors (Lipinski definition) is 1. The summed E-state index contributed by atoms with van der Waals surface area (Å²) in [6.45, 7) is 14.6. The molecule has 146 valence electrons. The first-order chi connectivity index (χ1) is 11.3. The van der Waals surface area contributed by atoms with Crippen molar-refractivity contribution >= 4 is 15.2 Å². The van der Waals surface area contributed by atoms with Crippen molar-refractivity contribution in [2.24, 2.45) is 0 Å². The lowest BCUT2D eigenvalue weighted by Gasteiger charge is -2.30. The summed E-state index contributed by atoms with van der Waals surface area (Å²) < 4.78 is 48.0. The van der Waals surface area contributed by atoms with Gasteiger partial charge in [0, 0.05) is 0 Å². The van der Waals surface area contributed by atoms with Crippen molar-refractivity contribution in [3.8, 4) is 0 Å². The van der Waals surface area contributed by atoms with Gasteiger partial charge in [0.2, 0.25) is 0 Å². The minimum Gasteiger partial charge on any atom is -0.335 e. The average Bonchev–Trinajstić information content (AvgIpc) is 2.52. The molecule has 0 unspecified atom stereocenters. The summed E-state index contributed by atoms with van der Waals surface area (Å²) in [6.07, 6.45) is 0.0372. The zero-order valence-corrected chi connectivity index (χ0v) is 17.9. The van der Waals surface area contributed by atoms with Crippen LogP contribution in [0.1, 0.15) is 41.5 Å². The van der Waals surface area contributed by atoms with Crippen molar-refractivity contribution in [1.82, 2.24) is 0 Å². The summed E-state index contributed by atoms with van der Waals surface area (Å²) >= 11 is 0. The van der Waals surface area contributed by atoms with E-state index in [-0.39, 0.29) is 32.6 Å². The van der Waals surface area contributed by atoms with Crippen LogP contribution in [0.4, 0.5) is 0 Å². The molecule has 0 aliphatic heterocycles. The third kappa shape index (κ3) is 8.09. The van der Waals surface area contributed by atoms with Crippen molar-refractivity contribution in [3.05, 3.63) is 0 Å². The predicted molar refractivity (Wildman–Crippen MR) is 97.3 cm³/mol. The fourth-order valence-corrected chi connectivity index (χ4v) is 7.37. The summed E-state index contributed by atoms with van der Waals surface area (Å²) in [5, 5.41) is 0. The first kappa shape index (κ1) is 24.3. The molecule has 0 aromatic carbocycles. The van der Waals surface area contributed by atoms with Crippen molar-refractivity contribution in [2.45, 2.75) is 47.2 Å². The lowest BCUT2D eigenvalue weighted by atomic mass is 10.4. The third-order valence-electron chi connectivity index (χ3n) is 3.68. The standard InChI is InChI=1S/C15H35NO6P2/c1-7-16(8-2)13-15(24(18,21-11-5)22-12-6)14-23(17,19-9-3)20-10-4/h15H,7-14H2,1-6H3/p+1/t15-/m1/s1. The Hall–Kier alpha value is 0.260. The van der Waals surface area contributed by atoms with E-state index in [9.17, 15) is 9.13 Å². The van der Waals surface area contributed by atoms with E-state index in [1.54, 1.807) is 27.7 Å². The Balaban J connectivity index is 5.58. The summed E-state index contributed by atoms with van der Waals surface area (Å²) in [5.74, 6) is 0. The fraction of sp³-hybridized carbons (Fsp3) is 1.00. The number of hydrogen-bond acceptors (Lipinski definition) is 6. The van der Waals surface area contributed by atoms with Crippen LogP contribution < -0.4 is 4.90 Å². The van der Waals surface area contributed by atoms with E-state index < -0.39 is 20.9 Å². The fourth-order valence-electron chi connectivity index (χ4n) is 2.55. The molecule has 0 saturated carbocycles. The molecule has 0 spiro atoms. The van der Waals surface area contributed by atoms with Crippen molar-refractivity contribution in [1.29, 1.82) is 0 Å². The number of nitrogens with one attached hydrogen (secondary N) is 1. The van der Waals surface area contributed by atoms with Gasteiger partial charge in [-0.1, -0.05) is 0 Å². The molecule has 9 heteroatoms. The Kier molecular flexibility index (Phi) is 12.7. The molecule has 0 bridgehead atoms. The molecule has 0 rings (SSSR count). The first-order valence-electron chi connectivity index (χ1n) is 8.94. The largest absolute Gasteiger partial charge is 0.340 e. The smallest absolute Gasteiger partial charge is 0.335 e. The van der Waals surface area contributed by atoms with E-state index in [4.69, 9.17) is 18.1 Å². The van der Waals surface area contributed by atoms with E-state index in [2.05, 4.69) is 13.8 Å². The molecule has 1 atom stereocenters. The minimum atomic E-state index is -3.41. The molecule has 7 nitrogen and oxygen atoms in total. The molecule has 0 aliphatic rings. The van der Waals surface area contributed by atoms with Crippen LogP contribution in [0.2, 0.25) is 0 Å². The van der Waals surface area contributed by atoms with Gasteiger partial charge in [0.25, 0.3) is 0 Å². The van der Waals surface area contributed by atoms with Crippen LogP contribution in [-0.2, 0) is 27.2 Å². The van der Waals surface area contributed by atoms with Crippen LogP contribution in [0.25, 0.3) is 0 Å². The van der Waals surface area contributed by atoms with Gasteiger partial charge in [0.15, 0.2) is 0 Å². The Morgan fingerprint density at radius 2 is 1.17 bits per heavy atom. The summed E-state index contributed by atoms with van der Waals surface area (Å²) in [7, 11) is -6.75. The Labute approximate surface area is 147 Å². The topological polar surface area (TPSA) is 75.5 Å². The molecular formula is C15H36NO6P2+. The molecule has 0 radical (unpaired) electrons. The highest BCUT2D eigenvalue weighted by molar-refractivity contribution is 7.58. The van der Waals surface area contributed by atoms with Gasteiger partial charge in [0.1, 0.15) is 5.66 Å². The van der Waals surface area contributed by atoms with Crippen molar-refractivity contribution in [3.63, 3.8) is 0 Å². The van der Waals surface area contributed by atoms with E-state index in [1.807, 2.05) is 0 Å². The van der Waals surface area contributed by atoms with E-state index in [1.165, 1.54) is 4.90 Å². The molecule has 0 heterocycles. The minimum absolute atomic E-state index is 0.0372. The highest BCUT2D eigenvalue weighted by atomic mass is 31.2. The van der Waals surface area contributed by atoms with Gasteiger partial charge < -0.3 is 23.0 Å². The molecule has 0 saturated heterocycles. The van der Waals surface area contributed by atoms with Crippen LogP contribution in [-0.4, -0.2) is 57.9 Å². The number of rotatable bonds is 15. The van der Waals surface area contributed by atoms with Gasteiger partial charge in [-0.05, 0) is 41.5 Å². The second-order valence-electron chi connectivity index (χ2n) is 5.32. The van der Waals surface area contributed by atoms with Crippen LogP contribution in [0.3, 0.4) is 0 Å². The predicted octanol–water partition coefficient (Wildman–Crippen LogP) is 2.81. The highest BCUT2D eigenvalue weighted by Gasteiger charge is 2.44. The Bertz CT molecular complexity index is 397. The highest BCUT2D eigenvalue weighted by Crippen LogP contribution is 2.59. The molecule has 24 heavy (non-hydrogen) atoms. The third-order valence-corrected chi connectivity index (χ3v) is 8.65. The van der Waals surface area contributed by atoms with E-state index >= 15 is 0 Å². The van der Waals surface area contributed by atoms with Gasteiger partial charge in [-0.15, -0.1) is 0 Å². The van der Waals surface area contributed by atoms with Gasteiger partial charge >= 0.3 is 15.2 Å². The van der Waals surface area contributed by atoms with Crippen LogP contribution in [0.5, 0.6) is 0 Å². The zero-order valence-electron chi connectivity index (χ0n) is 16.1. The van der Waals surface area contributed by atoms with Gasteiger partial charge in [-0.25, -0.2) is 0 Å². The normalized spacial score (nSPS) is 14.3. The Morgan fingerprint density at radius 1 is 0.750 bits per heavy atom. The summed E-state index contributed by atoms with van der Waals surface area (Å²) in [4.78, 5) is 1.24. The molecule has 0 aliphatic carbocycles. The lowest BCUT2D eigenvalue weighted by Crippen LogP contribution is -3.12. The molecular weight excluding hydrogens is 352 g/mol. The maximum atomic E-state index is 13.3. The second kappa shape index (κ2) is 12.6. The molecule has 0 aromatic rings. The number of quaternary nitrogens is 1. The monoisotopic (exact) mass is 388 g/mol. The zero-order chi connectivity index (χ0) is 18.6. The van der Waals surface area contributed by atoms with Gasteiger partial charge in [-0.3, -0.25) is 9.13 Å². The summed E-state index contributed by atoms with van der Waals surface area (Å²) in [6, 6.07) is 0. The summed E-state index contributed by atoms with van der Waals surface area (Å²) in [5.41, 5.74) is -0.531. The first-order valence-corrected chi connectivity index (χ1v) is 12.3. The maximum absolute atomic E-state index is 13.3. The van der Waals surface area contributed by atoms with Crippen LogP contribution in [0.15, 0.2) is 0 Å². The molecule has 0 fully saturated rings. The van der Waals surface area contributed by atoms with E-state index in [0.29, 0.717) is 6.54 Å². The molecule has 0 amide bonds. The van der Waals surface area contributed by atoms with Gasteiger partial charge in [-0.2, -0.15) is 0 Å². The van der Waals surface area contributed by atoms with Crippen LogP contribution >= 0.6 is 15.2 Å². The van der Waals surface area contributed by atoms with E-state index in [0.717, 1.165) is 13.1 Å².